The number of likely N-dealkylation sites (N-methyl/N-ethyl adjacent to an activating group) is 1. The summed E-state index contributed by atoms with van der Waals surface area (Å²) in [6.07, 6.45) is 3.19. The van der Waals surface area contributed by atoms with E-state index >= 15 is 0 Å². The molecule has 1 amide bonds. The third kappa shape index (κ3) is 5.41. The molecular formula is C28H27F3N4O3. The topological polar surface area (TPSA) is 76.0 Å². The molecule has 3 aromatic rings. The van der Waals surface area contributed by atoms with E-state index in [0.29, 0.717) is 17.7 Å². The van der Waals surface area contributed by atoms with Crippen molar-refractivity contribution in [1.82, 2.24) is 15.2 Å². The maximum absolute atomic E-state index is 13.9. The zero-order chi connectivity index (χ0) is 26.7. The van der Waals surface area contributed by atoms with Crippen LogP contribution in [0.25, 0.3) is 0 Å². The van der Waals surface area contributed by atoms with Crippen LogP contribution in [0.2, 0.25) is 0 Å². The number of amides is 1. The summed E-state index contributed by atoms with van der Waals surface area (Å²) in [5.74, 6) is -2.82. The van der Waals surface area contributed by atoms with Crippen molar-refractivity contribution >= 4 is 11.6 Å². The number of rotatable bonds is 7. The summed E-state index contributed by atoms with van der Waals surface area (Å²) in [6.45, 7) is 2.44. The van der Waals surface area contributed by atoms with Gasteiger partial charge in [0.05, 0.1) is 12.2 Å². The maximum atomic E-state index is 13.9. The number of carbonyl (C=O) groups is 1. The molecule has 38 heavy (non-hydrogen) atoms. The summed E-state index contributed by atoms with van der Waals surface area (Å²) >= 11 is 0. The first-order valence-corrected chi connectivity index (χ1v) is 12.3. The number of nitrogens with zero attached hydrogens (tertiary/aromatic N) is 3. The molecule has 0 aliphatic carbocycles. The van der Waals surface area contributed by atoms with Gasteiger partial charge in [-0.1, -0.05) is 29.4 Å². The van der Waals surface area contributed by atoms with Crippen LogP contribution in [0, 0.1) is 17.6 Å². The standard InChI is InChI=1S/C28H27F3N4O3/c1-32-26(36)17-38-34-27(20-6-7-23(29)24(30)12-20)19-4-2-18(3-5-19)15-35-10-8-28(9-11-35)22-14-33-25(31)13-21(22)16-37-28/h2-7,12-14H,8-11,15-17H2,1H3,(H,32,36). The second-order valence-electron chi connectivity index (χ2n) is 9.44. The molecule has 0 saturated carbocycles. The van der Waals surface area contributed by atoms with Gasteiger partial charge in [-0.3, -0.25) is 9.69 Å². The highest BCUT2D eigenvalue weighted by atomic mass is 19.2. The van der Waals surface area contributed by atoms with E-state index in [9.17, 15) is 18.0 Å². The molecule has 1 saturated heterocycles. The van der Waals surface area contributed by atoms with E-state index in [2.05, 4.69) is 20.4 Å². The molecule has 1 aromatic heterocycles. The van der Waals surface area contributed by atoms with Crippen molar-refractivity contribution in [1.29, 1.82) is 0 Å². The van der Waals surface area contributed by atoms with Crippen molar-refractivity contribution in [2.75, 3.05) is 26.7 Å². The van der Waals surface area contributed by atoms with Crippen molar-refractivity contribution in [3.05, 3.63) is 100 Å². The number of halogens is 3. The second kappa shape index (κ2) is 10.9. The second-order valence-corrected chi connectivity index (χ2v) is 9.44. The number of hydrogen-bond acceptors (Lipinski definition) is 6. The largest absolute Gasteiger partial charge is 0.385 e. The lowest BCUT2D eigenvalue weighted by Gasteiger charge is -2.39. The van der Waals surface area contributed by atoms with E-state index in [1.165, 1.54) is 19.2 Å². The van der Waals surface area contributed by atoms with Crippen molar-refractivity contribution in [3.8, 4) is 0 Å². The third-order valence-corrected chi connectivity index (χ3v) is 7.07. The van der Waals surface area contributed by atoms with Crippen LogP contribution in [-0.2, 0) is 33.1 Å². The van der Waals surface area contributed by atoms with Crippen LogP contribution in [0.1, 0.15) is 40.7 Å². The SMILES string of the molecule is CNC(=O)CON=C(c1ccc(CN2CCC3(CC2)OCc2cc(F)ncc23)cc1)c1ccc(F)c(F)c1. The Morgan fingerprint density at radius 2 is 1.82 bits per heavy atom. The Kier molecular flexibility index (Phi) is 7.44. The summed E-state index contributed by atoms with van der Waals surface area (Å²) in [5.41, 5.74) is 3.76. The number of carbonyl (C=O) groups excluding carboxylic acids is 1. The third-order valence-electron chi connectivity index (χ3n) is 7.07. The van der Waals surface area contributed by atoms with Gasteiger partial charge in [-0.05, 0) is 48.2 Å². The number of likely N-dealkylation sites (tertiary alicyclic amines) is 1. The Hall–Kier alpha value is -3.76. The monoisotopic (exact) mass is 524 g/mol. The summed E-state index contributed by atoms with van der Waals surface area (Å²) in [5, 5.41) is 6.48. The van der Waals surface area contributed by atoms with Gasteiger partial charge in [0.15, 0.2) is 18.2 Å². The number of fused-ring (bicyclic) bond motifs is 2. The van der Waals surface area contributed by atoms with E-state index in [-0.39, 0.29) is 18.2 Å². The van der Waals surface area contributed by atoms with E-state index in [0.717, 1.165) is 61.3 Å². The van der Waals surface area contributed by atoms with Gasteiger partial charge >= 0.3 is 0 Å². The zero-order valence-electron chi connectivity index (χ0n) is 20.8. The highest BCUT2D eigenvalue weighted by Crippen LogP contribution is 2.44. The molecule has 198 valence electrons. The predicted octanol–water partition coefficient (Wildman–Crippen LogP) is 4.04. The average Bonchev–Trinajstić information content (AvgIpc) is 3.27. The highest BCUT2D eigenvalue weighted by Gasteiger charge is 2.43. The van der Waals surface area contributed by atoms with E-state index < -0.39 is 23.2 Å². The Labute approximate surface area is 218 Å². The number of ether oxygens (including phenoxy) is 1. The van der Waals surface area contributed by atoms with Crippen molar-refractivity contribution in [2.45, 2.75) is 31.6 Å². The number of pyridine rings is 1. The zero-order valence-corrected chi connectivity index (χ0v) is 20.8. The predicted molar refractivity (Wildman–Crippen MR) is 134 cm³/mol. The molecular weight excluding hydrogens is 497 g/mol. The molecule has 0 bridgehead atoms. The van der Waals surface area contributed by atoms with Crippen molar-refractivity contribution < 1.29 is 27.5 Å². The molecule has 1 fully saturated rings. The summed E-state index contributed by atoms with van der Waals surface area (Å²) in [7, 11) is 1.48. The molecule has 0 radical (unpaired) electrons. The number of piperidine rings is 1. The van der Waals surface area contributed by atoms with Gasteiger partial charge in [0.25, 0.3) is 5.91 Å². The van der Waals surface area contributed by atoms with Crippen molar-refractivity contribution in [2.24, 2.45) is 5.16 Å². The summed E-state index contributed by atoms with van der Waals surface area (Å²) < 4.78 is 47.1. The fourth-order valence-electron chi connectivity index (χ4n) is 4.95. The summed E-state index contributed by atoms with van der Waals surface area (Å²) in [6, 6.07) is 12.5. The van der Waals surface area contributed by atoms with Crippen LogP contribution in [0.15, 0.2) is 59.9 Å². The van der Waals surface area contributed by atoms with Gasteiger partial charge in [-0.25, -0.2) is 13.8 Å². The smallest absolute Gasteiger partial charge is 0.260 e. The number of nitrogens with one attached hydrogen (secondary N) is 1. The fraction of sp³-hybridized carbons (Fsp3) is 0.321. The van der Waals surface area contributed by atoms with Gasteiger partial charge in [-0.2, -0.15) is 4.39 Å². The van der Waals surface area contributed by atoms with Gasteiger partial charge < -0.3 is 14.9 Å². The molecule has 2 aromatic carbocycles. The minimum Gasteiger partial charge on any atom is -0.385 e. The summed E-state index contributed by atoms with van der Waals surface area (Å²) in [4.78, 5) is 22.8. The lowest BCUT2D eigenvalue weighted by Crippen LogP contribution is -2.42. The first-order valence-electron chi connectivity index (χ1n) is 12.3. The van der Waals surface area contributed by atoms with Crippen LogP contribution < -0.4 is 5.32 Å². The fourth-order valence-corrected chi connectivity index (χ4v) is 4.95. The van der Waals surface area contributed by atoms with Crippen molar-refractivity contribution in [3.63, 3.8) is 0 Å². The minimum atomic E-state index is -1.00. The van der Waals surface area contributed by atoms with Crippen LogP contribution in [0.5, 0.6) is 0 Å². The first kappa shape index (κ1) is 25.9. The molecule has 5 rings (SSSR count). The molecule has 0 unspecified atom stereocenters. The molecule has 2 aliphatic heterocycles. The normalized spacial score (nSPS) is 16.9. The van der Waals surface area contributed by atoms with Crippen LogP contribution >= 0.6 is 0 Å². The number of oxime groups is 1. The molecule has 7 nitrogen and oxygen atoms in total. The lowest BCUT2D eigenvalue weighted by atomic mass is 9.84. The average molecular weight is 525 g/mol. The van der Waals surface area contributed by atoms with E-state index in [1.54, 1.807) is 6.20 Å². The van der Waals surface area contributed by atoms with Gasteiger partial charge in [-0.15, -0.1) is 0 Å². The van der Waals surface area contributed by atoms with Crippen LogP contribution in [0.4, 0.5) is 13.2 Å². The molecule has 1 spiro atoms. The van der Waals surface area contributed by atoms with Gasteiger partial charge in [0.1, 0.15) is 5.71 Å². The molecule has 10 heteroatoms. The highest BCUT2D eigenvalue weighted by molar-refractivity contribution is 6.12. The van der Waals surface area contributed by atoms with Gasteiger partial charge in [0, 0.05) is 49.6 Å². The Balaban J connectivity index is 1.27. The lowest BCUT2D eigenvalue weighted by molar-refractivity contribution is -0.125. The molecule has 2 aliphatic rings. The first-order chi connectivity index (χ1) is 18.4. The number of hydrogen-bond donors (Lipinski definition) is 1. The Bertz CT molecular complexity index is 1360. The van der Waals surface area contributed by atoms with Crippen LogP contribution in [-0.4, -0.2) is 48.2 Å². The molecule has 3 heterocycles. The number of aromatic nitrogens is 1. The van der Waals surface area contributed by atoms with E-state index in [4.69, 9.17) is 9.57 Å². The van der Waals surface area contributed by atoms with Gasteiger partial charge in [0.2, 0.25) is 5.95 Å². The van der Waals surface area contributed by atoms with E-state index in [1.807, 2.05) is 24.3 Å². The number of benzene rings is 2. The quantitative estimate of drug-likeness (QED) is 0.287. The Morgan fingerprint density at radius 1 is 1.08 bits per heavy atom. The molecule has 0 atom stereocenters. The van der Waals surface area contributed by atoms with Crippen LogP contribution in [0.3, 0.4) is 0 Å². The molecule has 1 N–H and O–H groups in total. The maximum Gasteiger partial charge on any atom is 0.260 e. The minimum absolute atomic E-state index is 0.279. The Morgan fingerprint density at radius 3 is 2.53 bits per heavy atom.